The molecule has 35 heavy (non-hydrogen) atoms. The van der Waals surface area contributed by atoms with Gasteiger partial charge in [-0.3, -0.25) is 14.5 Å². The molecule has 9 heteroatoms. The number of halogens is 1. The van der Waals surface area contributed by atoms with Gasteiger partial charge in [-0.1, -0.05) is 65.8 Å². The van der Waals surface area contributed by atoms with Crippen molar-refractivity contribution < 1.29 is 24.3 Å². The first kappa shape index (κ1) is 25.7. The topological polar surface area (TPSA) is 99.5 Å². The molecule has 0 radical (unpaired) electrons. The molecule has 1 aliphatic heterocycles. The third-order valence-electron chi connectivity index (χ3n) is 5.99. The summed E-state index contributed by atoms with van der Waals surface area (Å²) in [7, 11) is 0. The monoisotopic (exact) mass is 495 g/mol. The maximum absolute atomic E-state index is 13.4. The van der Waals surface area contributed by atoms with Gasteiger partial charge < -0.3 is 14.8 Å². The van der Waals surface area contributed by atoms with Gasteiger partial charge in [-0.2, -0.15) is 0 Å². The van der Waals surface area contributed by atoms with Crippen LogP contribution in [0.3, 0.4) is 0 Å². The summed E-state index contributed by atoms with van der Waals surface area (Å²) in [6.07, 6.45) is 1.56. The first-order chi connectivity index (χ1) is 16.3. The highest BCUT2D eigenvalue weighted by Crippen LogP contribution is 2.38. The number of rotatable bonds is 8. The van der Waals surface area contributed by atoms with E-state index in [9.17, 15) is 19.5 Å². The molecule has 3 aromatic carbocycles. The average Bonchev–Trinajstić information content (AvgIpc) is 3.01. The number of carbonyl (C=O) groups excluding carboxylic acids is 2. The number of imide groups is 1. The second-order valence-electron chi connectivity index (χ2n) is 8.18. The van der Waals surface area contributed by atoms with Crippen LogP contribution in [0.4, 0.5) is 4.79 Å². The third-order valence-corrected chi connectivity index (χ3v) is 5.99. The normalized spacial score (nSPS) is 17.8. The van der Waals surface area contributed by atoms with Crippen LogP contribution in [0.15, 0.2) is 71.9 Å². The largest absolute Gasteiger partial charge is 0.480 e. The van der Waals surface area contributed by atoms with Crippen LogP contribution in [-0.4, -0.2) is 52.2 Å². The van der Waals surface area contributed by atoms with E-state index in [0.717, 1.165) is 26.8 Å². The van der Waals surface area contributed by atoms with Crippen molar-refractivity contribution in [3.63, 3.8) is 0 Å². The molecule has 3 amide bonds. The molecule has 3 aromatic rings. The smallest absolute Gasteiger partial charge is 0.328 e. The SMILES string of the molecule is CCON=Cc1ccc([C@]2(C)C(=O)N(CC(=O)O)C(=O)N2Cc2ccc3ccccc3c2)cc1.Cl. The van der Waals surface area contributed by atoms with Crippen LogP contribution >= 0.6 is 12.4 Å². The van der Waals surface area contributed by atoms with E-state index in [0.29, 0.717) is 12.2 Å². The highest BCUT2D eigenvalue weighted by Gasteiger charge is 2.55. The number of hydrogen-bond donors (Lipinski definition) is 1. The van der Waals surface area contributed by atoms with E-state index in [1.165, 1.54) is 4.90 Å². The standard InChI is InChI=1S/C26H25N3O5.ClH/c1-3-34-27-15-18-9-12-22(13-10-18)26(2)24(32)28(17-23(30)31)25(33)29(26)16-19-8-11-20-6-4-5-7-21(20)14-19;/h4-15H,3,16-17H2,1-2H3,(H,30,31);1H/t26-;/m1./s1. The third kappa shape index (κ3) is 4.97. The van der Waals surface area contributed by atoms with Crippen LogP contribution in [-0.2, 0) is 26.5 Å². The van der Waals surface area contributed by atoms with Gasteiger partial charge in [0, 0.05) is 6.54 Å². The number of urea groups is 1. The fourth-order valence-corrected chi connectivity index (χ4v) is 4.17. The molecule has 0 aliphatic carbocycles. The van der Waals surface area contributed by atoms with Crippen molar-refractivity contribution >= 4 is 47.3 Å². The minimum atomic E-state index is -1.37. The predicted octanol–water partition coefficient (Wildman–Crippen LogP) is 4.40. The molecule has 1 aliphatic rings. The number of carboxylic acids is 1. The summed E-state index contributed by atoms with van der Waals surface area (Å²) in [5.74, 6) is -1.82. The molecule has 1 atom stereocenters. The summed E-state index contributed by atoms with van der Waals surface area (Å²) >= 11 is 0. The summed E-state index contributed by atoms with van der Waals surface area (Å²) in [6, 6.07) is 20.1. The summed E-state index contributed by atoms with van der Waals surface area (Å²) in [5, 5.41) is 15.2. The van der Waals surface area contributed by atoms with Crippen LogP contribution in [0.1, 0.15) is 30.5 Å². The van der Waals surface area contributed by atoms with E-state index in [1.54, 1.807) is 37.4 Å². The van der Waals surface area contributed by atoms with Gasteiger partial charge in [0.2, 0.25) is 0 Å². The molecule has 1 heterocycles. The number of benzene rings is 3. The molecule has 0 saturated carbocycles. The Morgan fingerprint density at radius 2 is 1.74 bits per heavy atom. The molecular weight excluding hydrogens is 470 g/mol. The van der Waals surface area contributed by atoms with Crippen LogP contribution in [0, 0.1) is 0 Å². The van der Waals surface area contributed by atoms with E-state index in [2.05, 4.69) is 5.16 Å². The lowest BCUT2D eigenvalue weighted by Crippen LogP contribution is -2.44. The quantitative estimate of drug-likeness (QED) is 0.284. The molecule has 0 bridgehead atoms. The van der Waals surface area contributed by atoms with Crippen molar-refractivity contribution in [2.75, 3.05) is 13.2 Å². The highest BCUT2D eigenvalue weighted by atomic mass is 35.5. The number of aliphatic carboxylic acids is 1. The lowest BCUT2D eigenvalue weighted by Gasteiger charge is -2.32. The van der Waals surface area contributed by atoms with Crippen molar-refractivity contribution in [3.8, 4) is 0 Å². The Balaban J connectivity index is 0.00000342. The molecule has 182 valence electrons. The lowest BCUT2D eigenvalue weighted by atomic mass is 9.89. The zero-order valence-electron chi connectivity index (χ0n) is 19.4. The fourth-order valence-electron chi connectivity index (χ4n) is 4.17. The maximum Gasteiger partial charge on any atom is 0.328 e. The van der Waals surface area contributed by atoms with Gasteiger partial charge in [0.15, 0.2) is 0 Å². The van der Waals surface area contributed by atoms with Crippen molar-refractivity contribution in [3.05, 3.63) is 83.4 Å². The molecule has 0 unspecified atom stereocenters. The number of nitrogens with zero attached hydrogens (tertiary/aromatic N) is 3. The van der Waals surface area contributed by atoms with Gasteiger partial charge in [-0.15, -0.1) is 12.4 Å². The van der Waals surface area contributed by atoms with Crippen molar-refractivity contribution in [1.82, 2.24) is 9.80 Å². The van der Waals surface area contributed by atoms with E-state index in [-0.39, 0.29) is 19.0 Å². The Hall–Kier alpha value is -3.91. The Morgan fingerprint density at radius 3 is 2.40 bits per heavy atom. The Kier molecular flexibility index (Phi) is 7.76. The van der Waals surface area contributed by atoms with Gasteiger partial charge in [-0.25, -0.2) is 4.79 Å². The minimum absolute atomic E-state index is 0. The molecule has 0 aromatic heterocycles. The second-order valence-corrected chi connectivity index (χ2v) is 8.18. The Morgan fingerprint density at radius 1 is 1.06 bits per heavy atom. The second kappa shape index (κ2) is 10.6. The highest BCUT2D eigenvalue weighted by molar-refractivity contribution is 6.08. The van der Waals surface area contributed by atoms with E-state index in [1.807, 2.05) is 49.4 Å². The first-order valence-corrected chi connectivity index (χ1v) is 10.9. The van der Waals surface area contributed by atoms with Crippen LogP contribution < -0.4 is 0 Å². The first-order valence-electron chi connectivity index (χ1n) is 10.9. The number of carboxylic acid groups (broad SMARTS) is 1. The number of fused-ring (bicyclic) bond motifs is 1. The number of amides is 3. The Labute approximate surface area is 209 Å². The number of hydrogen-bond acceptors (Lipinski definition) is 5. The average molecular weight is 496 g/mol. The minimum Gasteiger partial charge on any atom is -0.480 e. The lowest BCUT2D eigenvalue weighted by molar-refractivity contribution is -0.143. The number of carbonyl (C=O) groups is 3. The zero-order chi connectivity index (χ0) is 24.3. The predicted molar refractivity (Wildman–Crippen MR) is 134 cm³/mol. The van der Waals surface area contributed by atoms with Gasteiger partial charge in [0.1, 0.15) is 18.7 Å². The van der Waals surface area contributed by atoms with Crippen molar-refractivity contribution in [1.29, 1.82) is 0 Å². The molecule has 8 nitrogen and oxygen atoms in total. The molecule has 1 fully saturated rings. The summed E-state index contributed by atoms with van der Waals surface area (Å²) in [5.41, 5.74) is 0.811. The summed E-state index contributed by atoms with van der Waals surface area (Å²) in [4.78, 5) is 45.3. The van der Waals surface area contributed by atoms with Gasteiger partial charge in [0.05, 0.1) is 6.21 Å². The van der Waals surface area contributed by atoms with E-state index >= 15 is 0 Å². The van der Waals surface area contributed by atoms with Gasteiger partial charge in [-0.05, 0) is 47.4 Å². The summed E-state index contributed by atoms with van der Waals surface area (Å²) in [6.45, 7) is 3.39. The molecule has 4 rings (SSSR count). The van der Waals surface area contributed by atoms with Gasteiger partial charge in [0.25, 0.3) is 5.91 Å². The van der Waals surface area contributed by atoms with Crippen LogP contribution in [0.5, 0.6) is 0 Å². The van der Waals surface area contributed by atoms with Crippen molar-refractivity contribution in [2.45, 2.75) is 25.9 Å². The Bertz CT molecular complexity index is 1280. The molecule has 1 N–H and O–H groups in total. The fraction of sp³-hybridized carbons (Fsp3) is 0.231. The van der Waals surface area contributed by atoms with E-state index < -0.39 is 30.0 Å². The van der Waals surface area contributed by atoms with Crippen LogP contribution in [0.2, 0.25) is 0 Å². The number of oxime groups is 1. The molecule has 1 saturated heterocycles. The van der Waals surface area contributed by atoms with Crippen LogP contribution in [0.25, 0.3) is 10.8 Å². The van der Waals surface area contributed by atoms with Gasteiger partial charge >= 0.3 is 12.0 Å². The molecular formula is C26H26ClN3O5. The van der Waals surface area contributed by atoms with Crippen molar-refractivity contribution in [2.24, 2.45) is 5.16 Å². The molecule has 0 spiro atoms. The maximum atomic E-state index is 13.4. The van der Waals surface area contributed by atoms with E-state index in [4.69, 9.17) is 4.84 Å². The summed E-state index contributed by atoms with van der Waals surface area (Å²) < 4.78 is 0. The zero-order valence-corrected chi connectivity index (χ0v) is 20.2.